The van der Waals surface area contributed by atoms with Crippen molar-refractivity contribution in [1.29, 1.82) is 0 Å². The number of nitrogens with one attached hydrogen (secondary N) is 3. The highest BCUT2D eigenvalue weighted by molar-refractivity contribution is 7.98. The van der Waals surface area contributed by atoms with Gasteiger partial charge in [-0.3, -0.25) is 28.8 Å². The van der Waals surface area contributed by atoms with E-state index in [4.69, 9.17) is 22.3 Å². The number of primary amides is 2. The number of hydrogen-bond acceptors (Lipinski definition) is 9. The minimum Gasteiger partial charge on any atom is -0.481 e. The average Bonchev–Trinajstić information content (AvgIpc) is 2.76. The summed E-state index contributed by atoms with van der Waals surface area (Å²) in [5, 5.41) is 24.7. The van der Waals surface area contributed by atoms with Gasteiger partial charge >= 0.3 is 11.9 Å². The minimum atomic E-state index is -1.67. The van der Waals surface area contributed by atoms with Crippen molar-refractivity contribution in [3.63, 3.8) is 0 Å². The van der Waals surface area contributed by atoms with E-state index < -0.39 is 72.1 Å². The normalized spacial score (nSPS) is 14.0. The fraction of sp³-hybridized carbons (Fsp3) is 0.632. The fourth-order valence-corrected chi connectivity index (χ4v) is 3.17. The summed E-state index contributed by atoms with van der Waals surface area (Å²) in [6.07, 6.45) is 0.000188. The second kappa shape index (κ2) is 16.3. The molecule has 0 aliphatic carbocycles. The molecular formula is C19H32N6O9S. The van der Waals surface area contributed by atoms with Crippen LogP contribution in [0, 0.1) is 0 Å². The first-order chi connectivity index (χ1) is 16.3. The van der Waals surface area contributed by atoms with Gasteiger partial charge in [-0.05, 0) is 31.3 Å². The van der Waals surface area contributed by atoms with Gasteiger partial charge in [0.25, 0.3) is 0 Å². The van der Waals surface area contributed by atoms with E-state index in [1.54, 1.807) is 6.26 Å². The van der Waals surface area contributed by atoms with E-state index in [1.807, 2.05) is 0 Å². The Hall–Kier alpha value is -3.40. The molecule has 0 aromatic rings. The average molecular weight is 521 g/mol. The van der Waals surface area contributed by atoms with E-state index in [0.29, 0.717) is 5.75 Å². The molecule has 0 heterocycles. The third-order valence-electron chi connectivity index (χ3n) is 4.58. The van der Waals surface area contributed by atoms with Crippen LogP contribution in [0.3, 0.4) is 0 Å². The molecule has 16 heteroatoms. The first kappa shape index (κ1) is 31.6. The Balaban J connectivity index is 5.53. The van der Waals surface area contributed by atoms with Crippen molar-refractivity contribution in [2.24, 2.45) is 17.2 Å². The van der Waals surface area contributed by atoms with Gasteiger partial charge in [0.2, 0.25) is 29.5 Å². The van der Waals surface area contributed by atoms with Crippen molar-refractivity contribution < 1.29 is 43.8 Å². The number of rotatable bonds is 18. The molecule has 4 atom stereocenters. The van der Waals surface area contributed by atoms with Crippen molar-refractivity contribution in [2.45, 2.75) is 62.7 Å². The number of thioether (sulfide) groups is 1. The molecule has 0 fully saturated rings. The molecule has 0 saturated carbocycles. The summed E-state index contributed by atoms with van der Waals surface area (Å²) in [5.41, 5.74) is 15.8. The van der Waals surface area contributed by atoms with Crippen LogP contribution in [0.15, 0.2) is 0 Å². The largest absolute Gasteiger partial charge is 0.481 e. The summed E-state index contributed by atoms with van der Waals surface area (Å²) in [5.74, 6) is -6.68. The number of nitrogens with two attached hydrogens (primary N) is 3. The number of carboxylic acids is 2. The van der Waals surface area contributed by atoms with Crippen LogP contribution in [0.5, 0.6) is 0 Å². The molecule has 0 aromatic carbocycles. The smallest absolute Gasteiger partial charge is 0.326 e. The van der Waals surface area contributed by atoms with E-state index in [2.05, 4.69) is 16.0 Å². The Morgan fingerprint density at radius 2 is 1.26 bits per heavy atom. The molecule has 0 aliphatic heterocycles. The highest BCUT2D eigenvalue weighted by Crippen LogP contribution is 2.06. The molecule has 0 aliphatic rings. The van der Waals surface area contributed by atoms with Crippen molar-refractivity contribution in [1.82, 2.24) is 16.0 Å². The van der Waals surface area contributed by atoms with Gasteiger partial charge in [0.15, 0.2) is 0 Å². The maximum absolute atomic E-state index is 12.9. The van der Waals surface area contributed by atoms with Gasteiger partial charge in [0, 0.05) is 12.8 Å². The Morgan fingerprint density at radius 1 is 0.743 bits per heavy atom. The van der Waals surface area contributed by atoms with Crippen molar-refractivity contribution in [2.75, 3.05) is 12.0 Å². The van der Waals surface area contributed by atoms with Gasteiger partial charge in [-0.25, -0.2) is 4.79 Å². The van der Waals surface area contributed by atoms with Crippen LogP contribution in [0.4, 0.5) is 0 Å². The number of hydrogen-bond donors (Lipinski definition) is 8. The van der Waals surface area contributed by atoms with Crippen LogP contribution >= 0.6 is 11.8 Å². The first-order valence-electron chi connectivity index (χ1n) is 10.4. The minimum absolute atomic E-state index is 0.119. The molecule has 11 N–H and O–H groups in total. The summed E-state index contributed by atoms with van der Waals surface area (Å²) in [6.45, 7) is 0. The van der Waals surface area contributed by atoms with Gasteiger partial charge in [-0.2, -0.15) is 11.8 Å². The summed E-state index contributed by atoms with van der Waals surface area (Å²) in [6, 6.07) is -5.48. The lowest BCUT2D eigenvalue weighted by Gasteiger charge is -2.25. The molecule has 35 heavy (non-hydrogen) atoms. The first-order valence-corrected chi connectivity index (χ1v) is 11.8. The number of amides is 5. The lowest BCUT2D eigenvalue weighted by molar-refractivity contribution is -0.144. The van der Waals surface area contributed by atoms with Crippen LogP contribution in [-0.4, -0.2) is 87.9 Å². The molecular weight excluding hydrogens is 488 g/mol. The second-order valence-electron chi connectivity index (χ2n) is 7.52. The molecule has 0 spiro atoms. The van der Waals surface area contributed by atoms with Crippen LogP contribution in [0.25, 0.3) is 0 Å². The topological polar surface area (TPSA) is 274 Å². The second-order valence-corrected chi connectivity index (χ2v) is 8.50. The van der Waals surface area contributed by atoms with E-state index >= 15 is 0 Å². The maximum Gasteiger partial charge on any atom is 0.326 e. The van der Waals surface area contributed by atoms with Crippen LogP contribution in [0.2, 0.25) is 0 Å². The quantitative estimate of drug-likeness (QED) is 0.0882. The molecule has 0 rings (SSSR count). The molecule has 4 unspecified atom stereocenters. The molecule has 0 aromatic heterocycles. The zero-order chi connectivity index (χ0) is 27.1. The molecule has 5 amide bonds. The summed E-state index contributed by atoms with van der Waals surface area (Å²) < 4.78 is 0. The SMILES string of the molecule is CSCCC(NC(=O)C(N)CCC(=O)O)C(=O)NC(CCC(N)=O)C(=O)NC(CC(N)=O)C(=O)O. The van der Waals surface area contributed by atoms with Gasteiger partial charge in [0.1, 0.15) is 18.1 Å². The van der Waals surface area contributed by atoms with Gasteiger partial charge in [-0.15, -0.1) is 0 Å². The Bertz CT molecular complexity index is 810. The van der Waals surface area contributed by atoms with Crippen molar-refractivity contribution in [3.05, 3.63) is 0 Å². The van der Waals surface area contributed by atoms with Gasteiger partial charge in [-0.1, -0.05) is 0 Å². The van der Waals surface area contributed by atoms with Gasteiger partial charge < -0.3 is 43.4 Å². The number of carboxylic acid groups (broad SMARTS) is 2. The lowest BCUT2D eigenvalue weighted by atomic mass is 10.1. The zero-order valence-electron chi connectivity index (χ0n) is 19.2. The lowest BCUT2D eigenvalue weighted by Crippen LogP contribution is -2.57. The van der Waals surface area contributed by atoms with Crippen molar-refractivity contribution in [3.8, 4) is 0 Å². The Kier molecular flexibility index (Phi) is 14.7. The highest BCUT2D eigenvalue weighted by Gasteiger charge is 2.31. The van der Waals surface area contributed by atoms with Crippen LogP contribution in [-0.2, 0) is 33.6 Å². The highest BCUT2D eigenvalue weighted by atomic mass is 32.2. The predicted molar refractivity (Wildman–Crippen MR) is 124 cm³/mol. The third kappa shape index (κ3) is 13.8. The summed E-state index contributed by atoms with van der Waals surface area (Å²) in [4.78, 5) is 82.1. The van der Waals surface area contributed by atoms with E-state index in [9.17, 15) is 38.7 Å². The van der Waals surface area contributed by atoms with Crippen LogP contribution in [0.1, 0.15) is 38.5 Å². The molecule has 0 saturated heterocycles. The summed E-state index contributed by atoms with van der Waals surface area (Å²) in [7, 11) is 0. The Labute approximate surface area is 205 Å². The third-order valence-corrected chi connectivity index (χ3v) is 5.23. The number of carbonyl (C=O) groups is 7. The van der Waals surface area contributed by atoms with Crippen molar-refractivity contribution >= 4 is 53.2 Å². The van der Waals surface area contributed by atoms with E-state index in [-0.39, 0.29) is 32.1 Å². The van der Waals surface area contributed by atoms with E-state index in [1.165, 1.54) is 11.8 Å². The standard InChI is InChI=1S/C19H32N6O9S/c1-35-7-6-11(23-16(30)9(20)2-5-15(28)29)18(32)24-10(3-4-13(21)26)17(31)25-12(19(33)34)8-14(22)27/h9-12H,2-8,20H2,1H3,(H2,21,26)(H2,22,27)(H,23,30)(H,24,32)(H,25,31)(H,28,29)(H,33,34). The Morgan fingerprint density at radius 3 is 1.71 bits per heavy atom. The zero-order valence-corrected chi connectivity index (χ0v) is 20.0. The fourth-order valence-electron chi connectivity index (χ4n) is 2.69. The summed E-state index contributed by atoms with van der Waals surface area (Å²) >= 11 is 1.36. The monoisotopic (exact) mass is 520 g/mol. The molecule has 198 valence electrons. The number of aliphatic carboxylic acids is 2. The maximum atomic E-state index is 12.9. The molecule has 15 nitrogen and oxygen atoms in total. The number of carbonyl (C=O) groups excluding carboxylic acids is 5. The van der Waals surface area contributed by atoms with Crippen LogP contribution < -0.4 is 33.2 Å². The molecule has 0 radical (unpaired) electrons. The predicted octanol–water partition coefficient (Wildman–Crippen LogP) is -3.39. The van der Waals surface area contributed by atoms with E-state index in [0.717, 1.165) is 0 Å². The van der Waals surface area contributed by atoms with Gasteiger partial charge in [0.05, 0.1) is 12.5 Å². The molecule has 0 bridgehead atoms.